The maximum atomic E-state index is 12.3. The van der Waals surface area contributed by atoms with Gasteiger partial charge in [-0.2, -0.15) is 0 Å². The van der Waals surface area contributed by atoms with Gasteiger partial charge in [-0.3, -0.25) is 14.8 Å². The minimum Gasteiger partial charge on any atom is -0.337 e. The van der Waals surface area contributed by atoms with Crippen LogP contribution in [0.5, 0.6) is 0 Å². The Morgan fingerprint density at radius 3 is 2.68 bits per heavy atom. The molecule has 1 amide bonds. The second kappa shape index (κ2) is 5.80. The van der Waals surface area contributed by atoms with Crippen LogP contribution in [0.25, 0.3) is 0 Å². The third kappa shape index (κ3) is 3.29. The van der Waals surface area contributed by atoms with Crippen molar-refractivity contribution in [3.8, 4) is 0 Å². The smallest absolute Gasteiger partial charge is 0.256 e. The largest absolute Gasteiger partial charge is 0.337 e. The average molecular weight is 276 g/mol. The summed E-state index contributed by atoms with van der Waals surface area (Å²) in [5.41, 5.74) is 2.23. The molecule has 0 unspecified atom stereocenters. The maximum absolute atomic E-state index is 12.3. The van der Waals surface area contributed by atoms with Gasteiger partial charge in [0.25, 0.3) is 5.91 Å². The van der Waals surface area contributed by atoms with Crippen LogP contribution in [0.1, 0.15) is 21.6 Å². The molecule has 0 aliphatic carbocycles. The predicted molar refractivity (Wildman–Crippen MR) is 74.0 cm³/mol. The Labute approximate surface area is 117 Å². The Balaban J connectivity index is 2.15. The van der Waals surface area contributed by atoms with Crippen molar-refractivity contribution in [1.29, 1.82) is 0 Å². The quantitative estimate of drug-likeness (QED) is 0.865. The summed E-state index contributed by atoms with van der Waals surface area (Å²) >= 11 is 6.07. The van der Waals surface area contributed by atoms with Crippen molar-refractivity contribution in [2.45, 2.75) is 13.5 Å². The van der Waals surface area contributed by atoms with Crippen molar-refractivity contribution in [2.24, 2.45) is 0 Å². The summed E-state index contributed by atoms with van der Waals surface area (Å²) in [5.74, 6) is -0.144. The van der Waals surface area contributed by atoms with Crippen molar-refractivity contribution >= 4 is 17.5 Å². The molecule has 98 valence electrons. The van der Waals surface area contributed by atoms with E-state index in [1.165, 1.54) is 6.20 Å². The van der Waals surface area contributed by atoms with Crippen LogP contribution in [0.3, 0.4) is 0 Å². The van der Waals surface area contributed by atoms with Gasteiger partial charge in [0.05, 0.1) is 10.6 Å². The fourth-order valence-electron chi connectivity index (χ4n) is 1.72. The number of carbonyl (C=O) groups is 1. The Morgan fingerprint density at radius 2 is 2.05 bits per heavy atom. The fourth-order valence-corrected chi connectivity index (χ4v) is 2.01. The van der Waals surface area contributed by atoms with Crippen molar-refractivity contribution in [3.63, 3.8) is 0 Å². The van der Waals surface area contributed by atoms with Gasteiger partial charge >= 0.3 is 0 Å². The summed E-state index contributed by atoms with van der Waals surface area (Å²) in [4.78, 5) is 21.9. The number of aryl methyl sites for hydroxylation is 1. The van der Waals surface area contributed by atoms with Gasteiger partial charge < -0.3 is 4.90 Å². The summed E-state index contributed by atoms with van der Waals surface area (Å²) < 4.78 is 0. The molecule has 0 saturated carbocycles. The Morgan fingerprint density at radius 1 is 1.37 bits per heavy atom. The zero-order chi connectivity index (χ0) is 13.8. The van der Waals surface area contributed by atoms with E-state index in [4.69, 9.17) is 11.6 Å². The Bertz CT molecular complexity index is 586. The number of hydrogen-bond acceptors (Lipinski definition) is 3. The van der Waals surface area contributed by atoms with E-state index in [9.17, 15) is 4.79 Å². The molecule has 2 heterocycles. The van der Waals surface area contributed by atoms with E-state index in [0.29, 0.717) is 17.1 Å². The summed E-state index contributed by atoms with van der Waals surface area (Å²) in [6, 6.07) is 5.44. The van der Waals surface area contributed by atoms with Crippen LogP contribution in [0.15, 0.2) is 36.8 Å². The number of carbonyl (C=O) groups excluding carboxylic acids is 1. The SMILES string of the molecule is Cc1cc(Cl)c(C(=O)N(C)Cc2ccncc2)cn1. The summed E-state index contributed by atoms with van der Waals surface area (Å²) in [7, 11) is 1.74. The summed E-state index contributed by atoms with van der Waals surface area (Å²) in [6.07, 6.45) is 4.92. The van der Waals surface area contributed by atoms with Crippen LogP contribution in [0.2, 0.25) is 5.02 Å². The van der Waals surface area contributed by atoms with Crippen LogP contribution in [-0.4, -0.2) is 27.8 Å². The van der Waals surface area contributed by atoms with Gasteiger partial charge in [-0.25, -0.2) is 0 Å². The van der Waals surface area contributed by atoms with Crippen molar-refractivity contribution in [3.05, 3.63) is 58.6 Å². The fraction of sp³-hybridized carbons (Fsp3) is 0.214. The van der Waals surface area contributed by atoms with Gasteiger partial charge in [0, 0.05) is 37.9 Å². The van der Waals surface area contributed by atoms with E-state index in [-0.39, 0.29) is 5.91 Å². The highest BCUT2D eigenvalue weighted by Crippen LogP contribution is 2.18. The molecule has 0 saturated heterocycles. The molecule has 2 aromatic rings. The van der Waals surface area contributed by atoms with Gasteiger partial charge in [0.15, 0.2) is 0 Å². The van der Waals surface area contributed by atoms with Crippen LogP contribution < -0.4 is 0 Å². The number of aromatic nitrogens is 2. The molecule has 0 fully saturated rings. The van der Waals surface area contributed by atoms with Gasteiger partial charge in [-0.1, -0.05) is 11.6 Å². The lowest BCUT2D eigenvalue weighted by Crippen LogP contribution is -2.26. The zero-order valence-corrected chi connectivity index (χ0v) is 11.6. The Kier molecular flexibility index (Phi) is 4.12. The number of halogens is 1. The summed E-state index contributed by atoms with van der Waals surface area (Å²) in [5, 5.41) is 0.430. The predicted octanol–water partition coefficient (Wildman–Crippen LogP) is 2.71. The highest BCUT2D eigenvalue weighted by Gasteiger charge is 2.15. The lowest BCUT2D eigenvalue weighted by Gasteiger charge is -2.17. The highest BCUT2D eigenvalue weighted by atomic mass is 35.5. The van der Waals surface area contributed by atoms with E-state index in [1.807, 2.05) is 19.1 Å². The molecule has 2 rings (SSSR count). The molecule has 0 spiro atoms. The molecule has 0 aliphatic heterocycles. The number of amides is 1. The first kappa shape index (κ1) is 13.5. The van der Waals surface area contributed by atoms with E-state index in [1.54, 1.807) is 30.4 Å². The van der Waals surface area contributed by atoms with Crippen molar-refractivity contribution in [1.82, 2.24) is 14.9 Å². The topological polar surface area (TPSA) is 46.1 Å². The molecular formula is C14H14ClN3O. The summed E-state index contributed by atoms with van der Waals surface area (Å²) in [6.45, 7) is 2.34. The average Bonchev–Trinajstić information content (AvgIpc) is 2.39. The molecule has 19 heavy (non-hydrogen) atoms. The first-order chi connectivity index (χ1) is 9.08. The van der Waals surface area contributed by atoms with Crippen LogP contribution in [0, 0.1) is 6.92 Å². The minimum absolute atomic E-state index is 0.144. The normalized spacial score (nSPS) is 10.3. The van der Waals surface area contributed by atoms with Crippen LogP contribution in [0.4, 0.5) is 0 Å². The van der Waals surface area contributed by atoms with E-state index in [0.717, 1.165) is 11.3 Å². The first-order valence-corrected chi connectivity index (χ1v) is 6.22. The minimum atomic E-state index is -0.144. The third-order valence-electron chi connectivity index (χ3n) is 2.74. The first-order valence-electron chi connectivity index (χ1n) is 5.84. The number of pyridine rings is 2. The van der Waals surface area contributed by atoms with Gasteiger partial charge in [-0.05, 0) is 30.7 Å². The molecular weight excluding hydrogens is 262 g/mol. The molecule has 0 aliphatic rings. The molecule has 4 nitrogen and oxygen atoms in total. The monoisotopic (exact) mass is 275 g/mol. The molecule has 0 atom stereocenters. The van der Waals surface area contributed by atoms with E-state index < -0.39 is 0 Å². The number of nitrogens with zero attached hydrogens (tertiary/aromatic N) is 3. The molecule has 0 N–H and O–H groups in total. The van der Waals surface area contributed by atoms with Gasteiger partial charge in [0.2, 0.25) is 0 Å². The van der Waals surface area contributed by atoms with Gasteiger partial charge in [0.1, 0.15) is 0 Å². The maximum Gasteiger partial charge on any atom is 0.256 e. The lowest BCUT2D eigenvalue weighted by atomic mass is 10.2. The number of rotatable bonds is 3. The third-order valence-corrected chi connectivity index (χ3v) is 3.05. The molecule has 0 radical (unpaired) electrons. The highest BCUT2D eigenvalue weighted by molar-refractivity contribution is 6.33. The van der Waals surface area contributed by atoms with Crippen molar-refractivity contribution < 1.29 is 4.79 Å². The molecule has 5 heteroatoms. The standard InChI is InChI=1S/C14H14ClN3O/c1-10-7-13(15)12(8-17-10)14(19)18(2)9-11-3-5-16-6-4-11/h3-8H,9H2,1-2H3. The lowest BCUT2D eigenvalue weighted by molar-refractivity contribution is 0.0785. The second-order valence-corrected chi connectivity index (χ2v) is 4.73. The van der Waals surface area contributed by atoms with E-state index in [2.05, 4.69) is 9.97 Å². The zero-order valence-electron chi connectivity index (χ0n) is 10.8. The second-order valence-electron chi connectivity index (χ2n) is 4.32. The molecule has 2 aromatic heterocycles. The number of hydrogen-bond donors (Lipinski definition) is 0. The molecule has 0 bridgehead atoms. The van der Waals surface area contributed by atoms with Crippen LogP contribution >= 0.6 is 11.6 Å². The molecule has 0 aromatic carbocycles. The van der Waals surface area contributed by atoms with Gasteiger partial charge in [-0.15, -0.1) is 0 Å². The van der Waals surface area contributed by atoms with Crippen LogP contribution in [-0.2, 0) is 6.54 Å². The Hall–Kier alpha value is -1.94. The van der Waals surface area contributed by atoms with Crippen molar-refractivity contribution in [2.75, 3.05) is 7.05 Å². The van der Waals surface area contributed by atoms with E-state index >= 15 is 0 Å².